The van der Waals surface area contributed by atoms with Crippen LogP contribution in [0.25, 0.3) is 5.78 Å². The topological polar surface area (TPSA) is 38.4 Å². The average Bonchev–Trinajstić information content (AvgIpc) is 3.40. The number of hydrogen-bond acceptors (Lipinski definition) is 4. The van der Waals surface area contributed by atoms with E-state index in [4.69, 9.17) is 12.2 Å². The maximum Gasteiger partial charge on any atom is 0.254 e. The summed E-state index contributed by atoms with van der Waals surface area (Å²) in [4.78, 5) is 7.02. The van der Waals surface area contributed by atoms with E-state index in [1.165, 1.54) is 24.0 Å². The Hall–Kier alpha value is -2.05. The molecule has 1 aliphatic carbocycles. The molecular weight excluding hydrogens is 354 g/mol. The van der Waals surface area contributed by atoms with E-state index in [0.717, 1.165) is 22.7 Å². The number of rotatable bonds is 6. The summed E-state index contributed by atoms with van der Waals surface area (Å²) >= 11 is 5.69. The van der Waals surface area contributed by atoms with Crippen LogP contribution >= 0.6 is 12.2 Å². The smallest absolute Gasteiger partial charge is 0.254 e. The lowest BCUT2D eigenvalue weighted by Crippen LogP contribution is -2.29. The number of benzene rings is 1. The summed E-state index contributed by atoms with van der Waals surface area (Å²) < 4.78 is 4.60. The van der Waals surface area contributed by atoms with Crippen LogP contribution in [0.2, 0.25) is 0 Å². The molecule has 6 heteroatoms. The van der Waals surface area contributed by atoms with E-state index in [-0.39, 0.29) is 0 Å². The van der Waals surface area contributed by atoms with Crippen molar-refractivity contribution in [3.05, 3.63) is 57.6 Å². The highest BCUT2D eigenvalue weighted by molar-refractivity contribution is 7.71. The summed E-state index contributed by atoms with van der Waals surface area (Å²) in [6.45, 7) is 10.1. The zero-order valence-electron chi connectivity index (χ0n) is 16.5. The SMILES string of the molecule is Cc1cc(C)n2c(=S)n(CN(Cc3ccc(C(C)C)cc3)C3CC3)nc2n1. The highest BCUT2D eigenvalue weighted by atomic mass is 32.1. The van der Waals surface area contributed by atoms with Crippen molar-refractivity contribution in [2.45, 2.75) is 65.7 Å². The number of aromatic nitrogens is 4. The van der Waals surface area contributed by atoms with Gasteiger partial charge < -0.3 is 0 Å². The summed E-state index contributed by atoms with van der Waals surface area (Å²) in [7, 11) is 0. The van der Waals surface area contributed by atoms with Gasteiger partial charge in [0, 0.05) is 24.0 Å². The molecule has 4 rings (SSSR count). The Balaban J connectivity index is 1.59. The van der Waals surface area contributed by atoms with Crippen LogP contribution < -0.4 is 0 Å². The van der Waals surface area contributed by atoms with Gasteiger partial charge >= 0.3 is 0 Å². The third kappa shape index (κ3) is 3.82. The minimum Gasteiger partial charge on any atom is -0.277 e. The summed E-state index contributed by atoms with van der Waals surface area (Å²) in [6.07, 6.45) is 2.50. The monoisotopic (exact) mass is 381 g/mol. The molecule has 1 aromatic carbocycles. The van der Waals surface area contributed by atoms with Gasteiger partial charge in [-0.05, 0) is 62.0 Å². The first-order chi connectivity index (χ1) is 12.9. The summed E-state index contributed by atoms with van der Waals surface area (Å²) in [5.41, 5.74) is 4.77. The molecular formula is C21H27N5S. The quantitative estimate of drug-likeness (QED) is 0.584. The number of hydrogen-bond donors (Lipinski definition) is 0. The maximum atomic E-state index is 5.69. The highest BCUT2D eigenvalue weighted by Gasteiger charge is 2.29. The molecule has 5 nitrogen and oxygen atoms in total. The van der Waals surface area contributed by atoms with Crippen LogP contribution in [-0.2, 0) is 13.2 Å². The zero-order chi connectivity index (χ0) is 19.1. The molecule has 0 radical (unpaired) electrons. The molecule has 1 aliphatic rings. The first-order valence-electron chi connectivity index (χ1n) is 9.69. The third-order valence-corrected chi connectivity index (χ3v) is 5.67. The van der Waals surface area contributed by atoms with Crippen molar-refractivity contribution in [1.29, 1.82) is 0 Å². The van der Waals surface area contributed by atoms with Gasteiger partial charge in [0.05, 0.1) is 6.67 Å². The fourth-order valence-corrected chi connectivity index (χ4v) is 3.90. The normalized spacial score (nSPS) is 14.6. The summed E-state index contributed by atoms with van der Waals surface area (Å²) in [5.74, 6) is 1.25. The Labute approximate surface area is 165 Å². The van der Waals surface area contributed by atoms with E-state index in [1.54, 1.807) is 0 Å². The van der Waals surface area contributed by atoms with E-state index in [9.17, 15) is 0 Å². The van der Waals surface area contributed by atoms with Crippen molar-refractivity contribution in [3.63, 3.8) is 0 Å². The number of fused-ring (bicyclic) bond motifs is 1. The van der Waals surface area contributed by atoms with Gasteiger partial charge in [0.15, 0.2) is 0 Å². The third-order valence-electron chi connectivity index (χ3n) is 5.28. The van der Waals surface area contributed by atoms with Crippen LogP contribution in [0.1, 0.15) is 55.1 Å². The molecule has 2 heterocycles. The molecule has 0 amide bonds. The fraction of sp³-hybridized carbons (Fsp3) is 0.476. The fourth-order valence-electron chi connectivity index (χ4n) is 3.58. The molecule has 0 saturated heterocycles. The van der Waals surface area contributed by atoms with Crippen molar-refractivity contribution in [2.75, 3.05) is 0 Å². The van der Waals surface area contributed by atoms with Crippen LogP contribution in [0.15, 0.2) is 30.3 Å². The molecule has 3 aromatic rings. The largest absolute Gasteiger partial charge is 0.277 e. The maximum absolute atomic E-state index is 5.69. The van der Waals surface area contributed by atoms with E-state index >= 15 is 0 Å². The van der Waals surface area contributed by atoms with Crippen molar-refractivity contribution >= 4 is 18.0 Å². The van der Waals surface area contributed by atoms with Crippen molar-refractivity contribution < 1.29 is 0 Å². The second-order valence-corrected chi connectivity index (χ2v) is 8.34. The first kappa shape index (κ1) is 18.3. The van der Waals surface area contributed by atoms with E-state index < -0.39 is 0 Å². The molecule has 0 spiro atoms. The highest BCUT2D eigenvalue weighted by Crippen LogP contribution is 2.29. The van der Waals surface area contributed by atoms with Gasteiger partial charge in [-0.1, -0.05) is 38.1 Å². The van der Waals surface area contributed by atoms with Crippen molar-refractivity contribution in [1.82, 2.24) is 24.1 Å². The summed E-state index contributed by atoms with van der Waals surface area (Å²) in [6, 6.07) is 11.7. The molecule has 27 heavy (non-hydrogen) atoms. The summed E-state index contributed by atoms with van der Waals surface area (Å²) in [5, 5.41) is 4.69. The molecule has 1 saturated carbocycles. The Morgan fingerprint density at radius 2 is 1.89 bits per heavy atom. The number of aryl methyl sites for hydroxylation is 2. The van der Waals surface area contributed by atoms with Crippen LogP contribution in [0.5, 0.6) is 0 Å². The minimum absolute atomic E-state index is 0.564. The standard InChI is InChI=1S/C21H27N5S/c1-14(2)18-7-5-17(6-8-18)12-24(19-9-10-19)13-25-21(27)26-16(4)11-15(3)22-20(26)23-25/h5-8,11,14,19H,9-10,12-13H2,1-4H3. The Kier molecular flexibility index (Phi) is 4.86. The molecule has 142 valence electrons. The predicted octanol–water partition coefficient (Wildman–Crippen LogP) is 4.62. The molecule has 0 atom stereocenters. The Morgan fingerprint density at radius 1 is 1.19 bits per heavy atom. The van der Waals surface area contributed by atoms with Gasteiger partial charge in [-0.2, -0.15) is 0 Å². The molecule has 0 bridgehead atoms. The van der Waals surface area contributed by atoms with Gasteiger partial charge in [-0.3, -0.25) is 9.30 Å². The lowest BCUT2D eigenvalue weighted by Gasteiger charge is -2.22. The minimum atomic E-state index is 0.564. The van der Waals surface area contributed by atoms with Crippen molar-refractivity contribution in [3.8, 4) is 0 Å². The van der Waals surface area contributed by atoms with Crippen molar-refractivity contribution in [2.24, 2.45) is 0 Å². The van der Waals surface area contributed by atoms with Crippen LogP contribution in [0.4, 0.5) is 0 Å². The molecule has 0 aliphatic heterocycles. The van der Waals surface area contributed by atoms with Gasteiger partial charge in [-0.15, -0.1) is 5.10 Å². The lowest BCUT2D eigenvalue weighted by atomic mass is 10.0. The average molecular weight is 382 g/mol. The van der Waals surface area contributed by atoms with Crippen LogP contribution in [0.3, 0.4) is 0 Å². The molecule has 0 N–H and O–H groups in total. The molecule has 0 unspecified atom stereocenters. The van der Waals surface area contributed by atoms with E-state index in [2.05, 4.69) is 60.0 Å². The van der Waals surface area contributed by atoms with Gasteiger partial charge in [0.1, 0.15) is 0 Å². The van der Waals surface area contributed by atoms with Gasteiger partial charge in [-0.25, -0.2) is 9.67 Å². The second kappa shape index (κ2) is 7.17. The molecule has 1 fully saturated rings. The zero-order valence-corrected chi connectivity index (χ0v) is 17.3. The van der Waals surface area contributed by atoms with E-state index in [0.29, 0.717) is 24.4 Å². The Bertz CT molecular complexity index is 1010. The second-order valence-electron chi connectivity index (χ2n) is 7.97. The van der Waals surface area contributed by atoms with E-state index in [1.807, 2.05) is 22.1 Å². The Morgan fingerprint density at radius 3 is 2.52 bits per heavy atom. The molecule has 2 aromatic heterocycles. The van der Waals surface area contributed by atoms with Gasteiger partial charge in [0.25, 0.3) is 5.78 Å². The predicted molar refractivity (Wildman–Crippen MR) is 110 cm³/mol. The number of nitrogens with zero attached hydrogens (tertiary/aromatic N) is 5. The van der Waals surface area contributed by atoms with Crippen LogP contribution in [0, 0.1) is 18.6 Å². The lowest BCUT2D eigenvalue weighted by molar-refractivity contribution is 0.187. The van der Waals surface area contributed by atoms with Crippen LogP contribution in [-0.4, -0.2) is 30.1 Å². The van der Waals surface area contributed by atoms with Gasteiger partial charge in [0.2, 0.25) is 4.77 Å². The first-order valence-corrected chi connectivity index (χ1v) is 10.1.